The molecule has 0 fully saturated rings. The van der Waals surface area contributed by atoms with Gasteiger partial charge in [-0.05, 0) is 6.92 Å². The first-order valence-electron chi connectivity index (χ1n) is 1.90. The normalized spacial score (nSPS) is 8.17. The molecule has 0 saturated heterocycles. The lowest BCUT2D eigenvalue weighted by atomic mass is 10.9. The van der Waals surface area contributed by atoms with Gasteiger partial charge >= 0.3 is 0 Å². The Hall–Kier alpha value is -0.313. The van der Waals surface area contributed by atoms with Gasteiger partial charge < -0.3 is 4.74 Å². The molecule has 0 aromatic rings. The van der Waals surface area contributed by atoms with Gasteiger partial charge in [0.05, 0.1) is 6.61 Å². The van der Waals surface area contributed by atoms with E-state index in [1.165, 1.54) is 0 Å². The van der Waals surface area contributed by atoms with Gasteiger partial charge in [0.25, 0.3) is 5.59 Å². The van der Waals surface area contributed by atoms with Crippen molar-refractivity contribution in [3.05, 3.63) is 0 Å². The first-order valence-corrected chi connectivity index (χ1v) is 2.90. The summed E-state index contributed by atoms with van der Waals surface area (Å²) >= 11 is 0. The summed E-state index contributed by atoms with van der Waals surface area (Å²) in [4.78, 5) is 9.88. The Morgan fingerprint density at radius 3 is 2.50 bits per heavy atom. The zero-order valence-electron chi connectivity index (χ0n) is 4.02. The molecular formula is C3H8O2Si. The van der Waals surface area contributed by atoms with Gasteiger partial charge in [-0.1, -0.05) is 0 Å². The topological polar surface area (TPSA) is 26.3 Å². The highest BCUT2D eigenvalue weighted by Crippen LogP contribution is 1.69. The van der Waals surface area contributed by atoms with Crippen LogP contribution >= 0.6 is 0 Å². The maximum absolute atomic E-state index is 9.88. The highest BCUT2D eigenvalue weighted by atomic mass is 28.1. The number of carbonyl (C=O) groups excluding carboxylic acids is 1. The Bertz CT molecular complexity index is 52.8. The average Bonchev–Trinajstić information content (AvgIpc) is 1.35. The molecule has 0 aromatic heterocycles. The lowest BCUT2D eigenvalue weighted by molar-refractivity contribution is 0.179. The zero-order chi connectivity index (χ0) is 4.99. The van der Waals surface area contributed by atoms with E-state index in [4.69, 9.17) is 0 Å². The molecule has 0 bridgehead atoms. The van der Waals surface area contributed by atoms with Crippen molar-refractivity contribution in [1.82, 2.24) is 0 Å². The SMILES string of the molecule is CCOC(=O)[SiH3]. The molecule has 0 saturated carbocycles. The van der Waals surface area contributed by atoms with Gasteiger partial charge in [0.2, 0.25) is 0 Å². The quantitative estimate of drug-likeness (QED) is 0.419. The fourth-order valence-corrected chi connectivity index (χ4v) is 0.492. The van der Waals surface area contributed by atoms with Gasteiger partial charge in [0.15, 0.2) is 0 Å². The molecule has 0 rings (SSSR count). The number of ether oxygens (including phenoxy) is 1. The van der Waals surface area contributed by atoms with Crippen LogP contribution in [0.25, 0.3) is 0 Å². The van der Waals surface area contributed by atoms with Crippen LogP contribution in [0.5, 0.6) is 0 Å². The first-order chi connectivity index (χ1) is 2.77. The van der Waals surface area contributed by atoms with Crippen LogP contribution in [-0.4, -0.2) is 22.4 Å². The Labute approximate surface area is 39.9 Å². The monoisotopic (exact) mass is 104 g/mol. The van der Waals surface area contributed by atoms with Crippen LogP contribution < -0.4 is 0 Å². The summed E-state index contributed by atoms with van der Waals surface area (Å²) in [5.41, 5.74) is -0.0718. The molecule has 36 valence electrons. The van der Waals surface area contributed by atoms with Gasteiger partial charge in [-0.15, -0.1) is 0 Å². The molecular weight excluding hydrogens is 96.1 g/mol. The van der Waals surface area contributed by atoms with Crippen molar-refractivity contribution in [1.29, 1.82) is 0 Å². The summed E-state index contributed by atoms with van der Waals surface area (Å²) in [6.45, 7) is 2.32. The molecule has 0 spiro atoms. The van der Waals surface area contributed by atoms with Crippen molar-refractivity contribution < 1.29 is 9.53 Å². The van der Waals surface area contributed by atoms with E-state index >= 15 is 0 Å². The summed E-state index contributed by atoms with van der Waals surface area (Å²) in [6, 6.07) is 0. The first kappa shape index (κ1) is 5.69. The molecule has 2 nitrogen and oxygen atoms in total. The lowest BCUT2D eigenvalue weighted by Crippen LogP contribution is -1.98. The van der Waals surface area contributed by atoms with Crippen LogP contribution in [0.4, 0.5) is 4.79 Å². The molecule has 0 heterocycles. The smallest absolute Gasteiger partial charge is 0.260 e. The van der Waals surface area contributed by atoms with E-state index in [0.29, 0.717) is 16.8 Å². The molecule has 3 heteroatoms. The third-order valence-electron chi connectivity index (χ3n) is 0.348. The molecule has 0 aliphatic carbocycles. The van der Waals surface area contributed by atoms with E-state index < -0.39 is 0 Å². The van der Waals surface area contributed by atoms with Crippen molar-refractivity contribution in [2.75, 3.05) is 6.61 Å². The Morgan fingerprint density at radius 2 is 2.50 bits per heavy atom. The molecule has 0 radical (unpaired) electrons. The van der Waals surface area contributed by atoms with Crippen molar-refractivity contribution >= 4 is 15.8 Å². The van der Waals surface area contributed by atoms with Gasteiger partial charge in [-0.2, -0.15) is 0 Å². The maximum Gasteiger partial charge on any atom is 0.260 e. The van der Waals surface area contributed by atoms with Crippen LogP contribution in [0, 0.1) is 0 Å². The van der Waals surface area contributed by atoms with E-state index in [1.54, 1.807) is 6.92 Å². The van der Waals surface area contributed by atoms with Crippen LogP contribution in [0.1, 0.15) is 6.92 Å². The second-order valence-corrected chi connectivity index (χ2v) is 1.74. The van der Waals surface area contributed by atoms with Gasteiger partial charge in [0.1, 0.15) is 10.2 Å². The van der Waals surface area contributed by atoms with E-state index in [-0.39, 0.29) is 5.59 Å². The third kappa shape index (κ3) is 3.69. The molecule has 0 N–H and O–H groups in total. The number of hydrogen-bond donors (Lipinski definition) is 0. The molecule has 0 unspecified atom stereocenters. The molecule has 0 aliphatic rings. The van der Waals surface area contributed by atoms with E-state index in [1.807, 2.05) is 0 Å². The van der Waals surface area contributed by atoms with Crippen molar-refractivity contribution in [3.8, 4) is 0 Å². The van der Waals surface area contributed by atoms with Crippen molar-refractivity contribution in [3.63, 3.8) is 0 Å². The van der Waals surface area contributed by atoms with E-state index in [2.05, 4.69) is 4.74 Å². The molecule has 0 atom stereocenters. The van der Waals surface area contributed by atoms with E-state index in [9.17, 15) is 4.79 Å². The molecule has 0 amide bonds. The summed E-state index contributed by atoms with van der Waals surface area (Å²) in [6.07, 6.45) is 0. The minimum Gasteiger partial charge on any atom is -0.471 e. The number of rotatable bonds is 1. The van der Waals surface area contributed by atoms with E-state index in [0.717, 1.165) is 0 Å². The third-order valence-corrected chi connectivity index (χ3v) is 0.636. The second-order valence-electron chi connectivity index (χ2n) is 0.925. The predicted molar refractivity (Wildman–Crippen MR) is 27.0 cm³/mol. The van der Waals surface area contributed by atoms with Crippen LogP contribution in [-0.2, 0) is 4.74 Å². The van der Waals surface area contributed by atoms with Crippen molar-refractivity contribution in [2.24, 2.45) is 0 Å². The van der Waals surface area contributed by atoms with Crippen LogP contribution in [0.15, 0.2) is 0 Å². The highest BCUT2D eigenvalue weighted by Gasteiger charge is 1.81. The Balaban J connectivity index is 2.83. The van der Waals surface area contributed by atoms with Crippen LogP contribution in [0.3, 0.4) is 0 Å². The van der Waals surface area contributed by atoms with Gasteiger partial charge in [-0.25, -0.2) is 0 Å². The number of hydrogen-bond acceptors (Lipinski definition) is 2. The summed E-state index contributed by atoms with van der Waals surface area (Å²) in [5, 5.41) is 0. The maximum atomic E-state index is 9.88. The highest BCUT2D eigenvalue weighted by molar-refractivity contribution is 6.55. The van der Waals surface area contributed by atoms with Crippen LogP contribution in [0.2, 0.25) is 0 Å². The average molecular weight is 104 g/mol. The molecule has 6 heavy (non-hydrogen) atoms. The predicted octanol–water partition coefficient (Wildman–Crippen LogP) is -0.492. The summed E-state index contributed by atoms with van der Waals surface area (Å²) in [7, 11) is 0.518. The fraction of sp³-hybridized carbons (Fsp3) is 0.667. The Kier molecular flexibility index (Phi) is 2.75. The van der Waals surface area contributed by atoms with Gasteiger partial charge in [0, 0.05) is 0 Å². The molecule has 0 aromatic carbocycles. The van der Waals surface area contributed by atoms with Crippen molar-refractivity contribution in [2.45, 2.75) is 6.92 Å². The minimum atomic E-state index is -0.0718. The fourth-order valence-electron chi connectivity index (χ4n) is 0.203. The molecule has 0 aliphatic heterocycles. The van der Waals surface area contributed by atoms with Gasteiger partial charge in [-0.3, -0.25) is 4.79 Å². The second kappa shape index (κ2) is 2.90. The zero-order valence-corrected chi connectivity index (χ0v) is 6.02. The largest absolute Gasteiger partial charge is 0.471 e. The Morgan fingerprint density at radius 1 is 2.00 bits per heavy atom. The minimum absolute atomic E-state index is 0.0718. The summed E-state index contributed by atoms with van der Waals surface area (Å²) in [5.74, 6) is 0. The lowest BCUT2D eigenvalue weighted by Gasteiger charge is -1.90. The summed E-state index contributed by atoms with van der Waals surface area (Å²) < 4.78 is 4.46. The standard InChI is InChI=1S/C3H8O2Si/c1-2-5-3(4)6/h2H2,1,6H3. The number of carbonyl (C=O) groups is 1.